The lowest BCUT2D eigenvalue weighted by Gasteiger charge is -2.26. The number of hydrogen-bond donors (Lipinski definition) is 3. The number of amides is 2. The van der Waals surface area contributed by atoms with Crippen molar-refractivity contribution in [2.45, 2.75) is 66.0 Å². The van der Waals surface area contributed by atoms with Gasteiger partial charge in [-0.1, -0.05) is 20.8 Å². The zero-order valence-electron chi connectivity index (χ0n) is 13.1. The van der Waals surface area contributed by atoms with Crippen molar-refractivity contribution in [3.63, 3.8) is 0 Å². The topological polar surface area (TPSA) is 84.2 Å². The van der Waals surface area contributed by atoms with E-state index in [2.05, 4.69) is 10.6 Å². The summed E-state index contributed by atoms with van der Waals surface area (Å²) in [5, 5.41) is 5.57. The average molecular weight is 271 g/mol. The Morgan fingerprint density at radius 1 is 1.05 bits per heavy atom. The lowest BCUT2D eigenvalue weighted by molar-refractivity contribution is -0.123. The largest absolute Gasteiger partial charge is 0.356 e. The molecule has 0 aromatic rings. The molecule has 0 spiro atoms. The molecule has 0 saturated heterocycles. The monoisotopic (exact) mass is 271 g/mol. The van der Waals surface area contributed by atoms with E-state index in [1.165, 1.54) is 0 Å². The van der Waals surface area contributed by atoms with Crippen molar-refractivity contribution >= 4 is 11.8 Å². The molecule has 0 fully saturated rings. The fourth-order valence-corrected chi connectivity index (χ4v) is 1.37. The summed E-state index contributed by atoms with van der Waals surface area (Å²) in [6.45, 7) is 12.1. The van der Waals surface area contributed by atoms with E-state index in [0.717, 1.165) is 0 Å². The molecule has 4 N–H and O–H groups in total. The minimum atomic E-state index is -0.240. The van der Waals surface area contributed by atoms with Gasteiger partial charge in [0, 0.05) is 31.0 Å². The van der Waals surface area contributed by atoms with Gasteiger partial charge in [0.15, 0.2) is 0 Å². The highest BCUT2D eigenvalue weighted by atomic mass is 16.2. The van der Waals surface area contributed by atoms with Gasteiger partial charge < -0.3 is 16.4 Å². The highest BCUT2D eigenvalue weighted by molar-refractivity contribution is 5.79. The van der Waals surface area contributed by atoms with E-state index < -0.39 is 0 Å². The van der Waals surface area contributed by atoms with Crippen molar-refractivity contribution in [2.75, 3.05) is 6.54 Å². The quantitative estimate of drug-likeness (QED) is 0.702. The minimum absolute atomic E-state index is 0.0621. The van der Waals surface area contributed by atoms with E-state index in [9.17, 15) is 9.59 Å². The molecule has 0 rings (SSSR count). The Morgan fingerprint density at radius 2 is 1.58 bits per heavy atom. The molecule has 5 heteroatoms. The summed E-state index contributed by atoms with van der Waals surface area (Å²) in [7, 11) is 0. The van der Waals surface area contributed by atoms with Gasteiger partial charge in [-0.05, 0) is 26.2 Å². The van der Waals surface area contributed by atoms with E-state index in [0.29, 0.717) is 6.54 Å². The summed E-state index contributed by atoms with van der Waals surface area (Å²) in [5.74, 6) is -0.168. The summed E-state index contributed by atoms with van der Waals surface area (Å²) in [6, 6.07) is -0.184. The Morgan fingerprint density at radius 3 is 2.00 bits per heavy atom. The number of nitrogens with one attached hydrogen (secondary N) is 2. The molecule has 0 saturated carbocycles. The number of carbonyl (C=O) groups is 2. The van der Waals surface area contributed by atoms with Crippen molar-refractivity contribution in [1.29, 1.82) is 0 Å². The molecule has 0 aliphatic carbocycles. The molecule has 5 nitrogen and oxygen atoms in total. The summed E-state index contributed by atoms with van der Waals surface area (Å²) >= 11 is 0. The Kier molecular flexibility index (Phi) is 6.49. The second-order valence-electron chi connectivity index (χ2n) is 7.07. The molecule has 0 aliphatic heterocycles. The highest BCUT2D eigenvalue weighted by Gasteiger charge is 2.23. The van der Waals surface area contributed by atoms with Gasteiger partial charge in [-0.25, -0.2) is 0 Å². The van der Waals surface area contributed by atoms with Gasteiger partial charge in [0.05, 0.1) is 0 Å². The smallest absolute Gasteiger partial charge is 0.222 e. The number of hydrogen-bond acceptors (Lipinski definition) is 3. The molecule has 0 heterocycles. The van der Waals surface area contributed by atoms with Crippen molar-refractivity contribution in [1.82, 2.24) is 10.6 Å². The van der Waals surface area contributed by atoms with Crippen LogP contribution in [0.4, 0.5) is 0 Å². The summed E-state index contributed by atoms with van der Waals surface area (Å²) < 4.78 is 0. The van der Waals surface area contributed by atoms with Crippen LogP contribution in [0, 0.1) is 5.41 Å². The lowest BCUT2D eigenvalue weighted by Crippen LogP contribution is -2.43. The molecule has 0 aliphatic rings. The van der Waals surface area contributed by atoms with Gasteiger partial charge in [-0.3, -0.25) is 9.59 Å². The van der Waals surface area contributed by atoms with E-state index in [4.69, 9.17) is 5.73 Å². The molecule has 0 bridgehead atoms. The van der Waals surface area contributed by atoms with E-state index in [1.807, 2.05) is 41.5 Å². The Labute approximate surface area is 116 Å². The predicted molar refractivity (Wildman–Crippen MR) is 77.6 cm³/mol. The van der Waals surface area contributed by atoms with Crippen LogP contribution in [0.5, 0.6) is 0 Å². The molecular formula is C14H29N3O2. The second kappa shape index (κ2) is 6.89. The maximum atomic E-state index is 11.6. The van der Waals surface area contributed by atoms with E-state index in [1.54, 1.807) is 0 Å². The molecule has 112 valence electrons. The van der Waals surface area contributed by atoms with Crippen LogP contribution in [0.3, 0.4) is 0 Å². The van der Waals surface area contributed by atoms with Crippen molar-refractivity contribution in [2.24, 2.45) is 11.1 Å². The third-order valence-corrected chi connectivity index (χ3v) is 2.71. The zero-order valence-corrected chi connectivity index (χ0v) is 13.1. The maximum Gasteiger partial charge on any atom is 0.222 e. The molecule has 1 atom stereocenters. The van der Waals surface area contributed by atoms with Crippen molar-refractivity contribution in [3.05, 3.63) is 0 Å². The van der Waals surface area contributed by atoms with Gasteiger partial charge in [-0.15, -0.1) is 0 Å². The van der Waals surface area contributed by atoms with Gasteiger partial charge in [0.2, 0.25) is 11.8 Å². The van der Waals surface area contributed by atoms with Crippen LogP contribution >= 0.6 is 0 Å². The summed E-state index contributed by atoms with van der Waals surface area (Å²) in [5.41, 5.74) is 5.59. The van der Waals surface area contributed by atoms with Crippen LogP contribution in [0.1, 0.15) is 54.4 Å². The normalized spacial score (nSPS) is 13.8. The van der Waals surface area contributed by atoms with Crippen molar-refractivity contribution in [3.8, 4) is 0 Å². The SMILES string of the molecule is CC(C)(C)NC(=O)CCNC(=O)CC(N)C(C)(C)C. The molecule has 19 heavy (non-hydrogen) atoms. The van der Waals surface area contributed by atoms with E-state index >= 15 is 0 Å². The third kappa shape index (κ3) is 9.47. The van der Waals surface area contributed by atoms with Gasteiger partial charge in [0.1, 0.15) is 0 Å². The van der Waals surface area contributed by atoms with Crippen LogP contribution in [0.15, 0.2) is 0 Å². The fraction of sp³-hybridized carbons (Fsp3) is 0.857. The average Bonchev–Trinajstić information content (AvgIpc) is 2.12. The first-order valence-corrected chi connectivity index (χ1v) is 6.75. The van der Waals surface area contributed by atoms with Crippen LogP contribution in [-0.4, -0.2) is 29.9 Å². The van der Waals surface area contributed by atoms with Crippen LogP contribution < -0.4 is 16.4 Å². The standard InChI is InChI=1S/C14H29N3O2/c1-13(2,3)10(15)9-12(19)16-8-7-11(18)17-14(4,5)6/h10H,7-9,15H2,1-6H3,(H,16,19)(H,17,18). The van der Waals surface area contributed by atoms with Gasteiger partial charge in [-0.2, -0.15) is 0 Å². The zero-order chi connectivity index (χ0) is 15.3. The fourth-order valence-electron chi connectivity index (χ4n) is 1.37. The molecule has 1 unspecified atom stereocenters. The molecular weight excluding hydrogens is 242 g/mol. The molecule has 0 radical (unpaired) electrons. The minimum Gasteiger partial charge on any atom is -0.356 e. The first kappa shape index (κ1) is 17.9. The van der Waals surface area contributed by atoms with Crippen molar-refractivity contribution < 1.29 is 9.59 Å². The van der Waals surface area contributed by atoms with Crippen LogP contribution in [0.25, 0.3) is 0 Å². The van der Waals surface area contributed by atoms with E-state index in [-0.39, 0.29) is 41.7 Å². The third-order valence-electron chi connectivity index (χ3n) is 2.71. The Balaban J connectivity index is 3.90. The molecule has 0 aromatic heterocycles. The highest BCUT2D eigenvalue weighted by Crippen LogP contribution is 2.19. The molecule has 0 aromatic carbocycles. The Hall–Kier alpha value is -1.10. The van der Waals surface area contributed by atoms with Gasteiger partial charge >= 0.3 is 0 Å². The van der Waals surface area contributed by atoms with Crippen LogP contribution in [0.2, 0.25) is 0 Å². The first-order chi connectivity index (χ1) is 8.42. The number of nitrogens with two attached hydrogens (primary N) is 1. The summed E-state index contributed by atoms with van der Waals surface area (Å²) in [6.07, 6.45) is 0.568. The van der Waals surface area contributed by atoms with Gasteiger partial charge in [0.25, 0.3) is 0 Å². The number of rotatable bonds is 5. The second-order valence-corrected chi connectivity index (χ2v) is 7.07. The molecule has 2 amide bonds. The predicted octanol–water partition coefficient (Wildman–Crippen LogP) is 1.17. The first-order valence-electron chi connectivity index (χ1n) is 6.75. The number of carbonyl (C=O) groups excluding carboxylic acids is 2. The Bertz CT molecular complexity index is 314. The maximum absolute atomic E-state index is 11.6. The lowest BCUT2D eigenvalue weighted by atomic mass is 9.85. The van der Waals surface area contributed by atoms with Crippen LogP contribution in [-0.2, 0) is 9.59 Å². The summed E-state index contributed by atoms with van der Waals surface area (Å²) in [4.78, 5) is 23.2.